The number of aryl methyl sites for hydroxylation is 1. The number of rotatable bonds is 6. The first-order chi connectivity index (χ1) is 12.6. The van der Waals surface area contributed by atoms with E-state index in [-0.39, 0.29) is 17.9 Å². The summed E-state index contributed by atoms with van der Waals surface area (Å²) in [5.41, 5.74) is 1.77. The van der Waals surface area contributed by atoms with Crippen molar-refractivity contribution in [1.82, 2.24) is 25.1 Å². The van der Waals surface area contributed by atoms with E-state index in [1.54, 1.807) is 10.6 Å². The van der Waals surface area contributed by atoms with Gasteiger partial charge in [0, 0.05) is 17.0 Å². The number of aromatic nitrogens is 4. The summed E-state index contributed by atoms with van der Waals surface area (Å²) in [4.78, 5) is 12.2. The molecule has 0 aliphatic heterocycles. The number of hydrogen-bond acceptors (Lipinski definition) is 5. The van der Waals surface area contributed by atoms with Gasteiger partial charge in [-0.3, -0.25) is 4.79 Å². The van der Waals surface area contributed by atoms with Gasteiger partial charge >= 0.3 is 0 Å². The lowest BCUT2D eigenvalue weighted by Crippen LogP contribution is -2.36. The maximum atomic E-state index is 12.2. The minimum Gasteiger partial charge on any atom is -0.360 e. The average molecular weight is 371 g/mol. The molecule has 1 amide bonds. The summed E-state index contributed by atoms with van der Waals surface area (Å²) >= 11 is 6.31. The highest BCUT2D eigenvalue weighted by atomic mass is 35.5. The zero-order chi connectivity index (χ0) is 18.1. The number of benzene rings is 1. The Kier molecular flexibility index (Phi) is 4.24. The van der Waals surface area contributed by atoms with Crippen molar-refractivity contribution in [2.75, 3.05) is 18.4 Å². The molecule has 1 aromatic carbocycles. The molecule has 4 rings (SSSR count). The number of anilines is 1. The number of halogens is 1. The third-order valence-electron chi connectivity index (χ3n) is 4.77. The minimum atomic E-state index is -0.0781. The van der Waals surface area contributed by atoms with Crippen LogP contribution >= 0.6 is 11.6 Å². The molecule has 0 bridgehead atoms. The van der Waals surface area contributed by atoms with Gasteiger partial charge in [-0.2, -0.15) is 4.52 Å². The van der Waals surface area contributed by atoms with Crippen molar-refractivity contribution in [2.24, 2.45) is 0 Å². The fourth-order valence-electron chi connectivity index (χ4n) is 3.08. The van der Waals surface area contributed by atoms with Crippen molar-refractivity contribution >= 4 is 29.0 Å². The van der Waals surface area contributed by atoms with E-state index in [9.17, 15) is 4.79 Å². The summed E-state index contributed by atoms with van der Waals surface area (Å²) in [5, 5.41) is 19.1. The van der Waals surface area contributed by atoms with Gasteiger partial charge in [0.1, 0.15) is 5.82 Å². The van der Waals surface area contributed by atoms with Crippen LogP contribution in [0.3, 0.4) is 0 Å². The molecule has 3 aromatic rings. The molecule has 26 heavy (non-hydrogen) atoms. The summed E-state index contributed by atoms with van der Waals surface area (Å²) in [6.45, 7) is 2.57. The molecule has 1 saturated carbocycles. The first kappa shape index (κ1) is 16.8. The van der Waals surface area contributed by atoms with E-state index >= 15 is 0 Å². The second-order valence-corrected chi connectivity index (χ2v) is 7.03. The van der Waals surface area contributed by atoms with Crippen LogP contribution in [-0.2, 0) is 10.2 Å². The number of nitrogens with one attached hydrogen (secondary N) is 2. The number of hydrogen-bond donors (Lipinski definition) is 2. The first-order valence-corrected chi connectivity index (χ1v) is 8.90. The third kappa shape index (κ3) is 3.22. The van der Waals surface area contributed by atoms with Gasteiger partial charge in [0.15, 0.2) is 11.5 Å². The maximum Gasteiger partial charge on any atom is 0.239 e. The molecule has 0 saturated heterocycles. The zero-order valence-corrected chi connectivity index (χ0v) is 15.1. The van der Waals surface area contributed by atoms with Crippen molar-refractivity contribution < 1.29 is 4.79 Å². The molecule has 1 fully saturated rings. The second kappa shape index (κ2) is 6.57. The normalized spacial score (nSPS) is 15.0. The topological polar surface area (TPSA) is 84.2 Å². The van der Waals surface area contributed by atoms with Crippen molar-refractivity contribution in [3.8, 4) is 0 Å². The summed E-state index contributed by atoms with van der Waals surface area (Å²) in [5.74, 6) is 1.22. The fourth-order valence-corrected chi connectivity index (χ4v) is 3.41. The van der Waals surface area contributed by atoms with Crippen LogP contribution in [0.25, 0.3) is 5.65 Å². The van der Waals surface area contributed by atoms with Gasteiger partial charge < -0.3 is 10.6 Å². The monoisotopic (exact) mass is 370 g/mol. The molecule has 1 aliphatic carbocycles. The average Bonchev–Trinajstić information content (AvgIpc) is 3.36. The molecule has 134 valence electrons. The largest absolute Gasteiger partial charge is 0.360 e. The van der Waals surface area contributed by atoms with E-state index in [2.05, 4.69) is 25.9 Å². The number of carbonyl (C=O) groups excluding carboxylic acids is 1. The van der Waals surface area contributed by atoms with Crippen LogP contribution in [0.1, 0.15) is 24.2 Å². The maximum absolute atomic E-state index is 12.2. The van der Waals surface area contributed by atoms with Crippen molar-refractivity contribution in [2.45, 2.75) is 25.2 Å². The Balaban J connectivity index is 1.34. The van der Waals surface area contributed by atoms with E-state index in [1.165, 1.54) is 0 Å². The Morgan fingerprint density at radius 3 is 2.81 bits per heavy atom. The van der Waals surface area contributed by atoms with Crippen LogP contribution in [0.15, 0.2) is 36.4 Å². The lowest BCUT2D eigenvalue weighted by atomic mass is 9.96. The summed E-state index contributed by atoms with van der Waals surface area (Å²) in [6, 6.07) is 11.4. The SMILES string of the molecule is Cc1nnc2ccc(NCC(=O)NCC3(c4ccccc4Cl)CC3)nn12. The highest BCUT2D eigenvalue weighted by molar-refractivity contribution is 6.31. The van der Waals surface area contributed by atoms with E-state index in [0.717, 1.165) is 23.4 Å². The summed E-state index contributed by atoms with van der Waals surface area (Å²) < 4.78 is 1.64. The van der Waals surface area contributed by atoms with Crippen molar-refractivity contribution in [3.63, 3.8) is 0 Å². The van der Waals surface area contributed by atoms with Crippen LogP contribution in [0.5, 0.6) is 0 Å². The number of carbonyl (C=O) groups is 1. The molecule has 2 N–H and O–H groups in total. The highest BCUT2D eigenvalue weighted by Gasteiger charge is 2.45. The third-order valence-corrected chi connectivity index (χ3v) is 5.10. The molecule has 0 atom stereocenters. The van der Waals surface area contributed by atoms with Gasteiger partial charge in [0.05, 0.1) is 6.54 Å². The van der Waals surface area contributed by atoms with Gasteiger partial charge in [-0.1, -0.05) is 29.8 Å². The standard InChI is InChI=1S/C18H19ClN6O/c1-12-22-23-16-7-6-15(24-25(12)16)20-10-17(26)21-11-18(8-9-18)13-4-2-3-5-14(13)19/h2-7H,8-11H2,1H3,(H,20,24)(H,21,26). The van der Waals surface area contributed by atoms with Gasteiger partial charge in [-0.15, -0.1) is 15.3 Å². The number of fused-ring (bicyclic) bond motifs is 1. The predicted molar refractivity (Wildman–Crippen MR) is 99.4 cm³/mol. The molecule has 0 unspecified atom stereocenters. The summed E-state index contributed by atoms with van der Waals surface area (Å²) in [7, 11) is 0. The van der Waals surface area contributed by atoms with E-state index < -0.39 is 0 Å². The van der Waals surface area contributed by atoms with E-state index in [0.29, 0.717) is 23.8 Å². The van der Waals surface area contributed by atoms with E-state index in [1.807, 2.05) is 37.3 Å². The lowest BCUT2D eigenvalue weighted by Gasteiger charge is -2.18. The van der Waals surface area contributed by atoms with Crippen LogP contribution < -0.4 is 10.6 Å². The zero-order valence-electron chi connectivity index (χ0n) is 14.4. The molecule has 0 radical (unpaired) electrons. The van der Waals surface area contributed by atoms with Crippen LogP contribution in [-0.4, -0.2) is 38.8 Å². The summed E-state index contributed by atoms with van der Waals surface area (Å²) in [6.07, 6.45) is 2.07. The highest BCUT2D eigenvalue weighted by Crippen LogP contribution is 2.49. The lowest BCUT2D eigenvalue weighted by molar-refractivity contribution is -0.119. The van der Waals surface area contributed by atoms with Gasteiger partial charge in [-0.25, -0.2) is 0 Å². The molecule has 2 heterocycles. The molecule has 1 aliphatic rings. The van der Waals surface area contributed by atoms with Crippen LogP contribution in [0, 0.1) is 6.92 Å². The minimum absolute atomic E-state index is 0.0231. The molecule has 8 heteroatoms. The van der Waals surface area contributed by atoms with Crippen LogP contribution in [0.2, 0.25) is 5.02 Å². The molecule has 0 spiro atoms. The van der Waals surface area contributed by atoms with Gasteiger partial charge in [-0.05, 0) is 43.5 Å². The molecular formula is C18H19ClN6O. The Morgan fingerprint density at radius 2 is 2.04 bits per heavy atom. The predicted octanol–water partition coefficient (Wildman–Crippen LogP) is 2.35. The fraction of sp³-hybridized carbons (Fsp3) is 0.333. The van der Waals surface area contributed by atoms with Gasteiger partial charge in [0.25, 0.3) is 0 Å². The Labute approximate surface area is 155 Å². The van der Waals surface area contributed by atoms with Crippen molar-refractivity contribution in [1.29, 1.82) is 0 Å². The quantitative estimate of drug-likeness (QED) is 0.695. The van der Waals surface area contributed by atoms with Crippen molar-refractivity contribution in [3.05, 3.63) is 52.8 Å². The first-order valence-electron chi connectivity index (χ1n) is 8.52. The Morgan fingerprint density at radius 1 is 1.23 bits per heavy atom. The van der Waals surface area contributed by atoms with Gasteiger partial charge in [0.2, 0.25) is 5.91 Å². The molecular weight excluding hydrogens is 352 g/mol. The Bertz CT molecular complexity index is 965. The molecule has 7 nitrogen and oxygen atoms in total. The number of nitrogens with zero attached hydrogens (tertiary/aromatic N) is 4. The smallest absolute Gasteiger partial charge is 0.239 e. The Hall–Kier alpha value is -2.67. The van der Waals surface area contributed by atoms with Crippen LogP contribution in [0.4, 0.5) is 5.82 Å². The molecule has 2 aromatic heterocycles. The number of amides is 1. The second-order valence-electron chi connectivity index (χ2n) is 6.63. The van der Waals surface area contributed by atoms with E-state index in [4.69, 9.17) is 11.6 Å².